The molecule has 176 valence electrons. The fraction of sp³-hybridized carbons (Fsp3) is 0. The van der Waals surface area contributed by atoms with Crippen LogP contribution in [0.4, 0.5) is 22.7 Å². The lowest BCUT2D eigenvalue weighted by molar-refractivity contribution is -0.383. The minimum absolute atomic E-state index is 0.00867. The Labute approximate surface area is 200 Å². The first-order chi connectivity index (χ1) is 17.3. The van der Waals surface area contributed by atoms with Gasteiger partial charge in [0.2, 0.25) is 10.9 Å². The van der Waals surface area contributed by atoms with Gasteiger partial charge in [-0.15, -0.1) is 0 Å². The molecule has 0 radical (unpaired) electrons. The van der Waals surface area contributed by atoms with Crippen LogP contribution in [0.25, 0.3) is 10.8 Å². The molecule has 2 aliphatic carbocycles. The monoisotopic (exact) mass is 480 g/mol. The van der Waals surface area contributed by atoms with Crippen molar-refractivity contribution >= 4 is 33.5 Å². The first-order valence-electron chi connectivity index (χ1n) is 10.7. The number of hydrogen-bond donors (Lipinski definition) is 3. The highest BCUT2D eigenvalue weighted by Crippen LogP contribution is 2.27. The van der Waals surface area contributed by atoms with Crippen molar-refractivity contribution in [1.29, 1.82) is 0 Å². The summed E-state index contributed by atoms with van der Waals surface area (Å²) in [4.78, 5) is 54.2. The molecule has 0 heterocycles. The number of fused-ring (bicyclic) bond motifs is 1. The Morgan fingerprint density at radius 3 is 2.03 bits per heavy atom. The van der Waals surface area contributed by atoms with Gasteiger partial charge in [0, 0.05) is 6.07 Å². The molecule has 0 saturated carbocycles. The highest BCUT2D eigenvalue weighted by molar-refractivity contribution is 5.95. The van der Waals surface area contributed by atoms with Gasteiger partial charge >= 0.3 is 0 Å². The molecule has 0 atom stereocenters. The summed E-state index contributed by atoms with van der Waals surface area (Å²) in [6, 6.07) is 20.5. The number of nitro benzene ring substituents is 1. The largest absolute Gasteiger partial charge is 0.507 e. The van der Waals surface area contributed by atoms with Crippen molar-refractivity contribution in [2.45, 2.75) is 0 Å². The Hall–Kier alpha value is -5.38. The van der Waals surface area contributed by atoms with Gasteiger partial charge in [0.25, 0.3) is 5.69 Å². The zero-order valence-corrected chi connectivity index (χ0v) is 18.4. The molecule has 0 amide bonds. The van der Waals surface area contributed by atoms with E-state index in [9.17, 15) is 29.6 Å². The third-order valence-corrected chi connectivity index (χ3v) is 5.65. The van der Waals surface area contributed by atoms with Gasteiger partial charge in [0.05, 0.1) is 43.2 Å². The summed E-state index contributed by atoms with van der Waals surface area (Å²) in [5.41, 5.74) is 4.80. The number of aromatic hydroxyl groups is 1. The normalized spacial score (nSPS) is 11.6. The number of hydrogen-bond acceptors (Lipinski definition) is 9. The maximum Gasteiger partial charge on any atom is 0.281 e. The minimum Gasteiger partial charge on any atom is -0.507 e. The zero-order valence-electron chi connectivity index (χ0n) is 18.4. The number of hydrazine groups is 1. The zero-order chi connectivity index (χ0) is 25.4. The van der Waals surface area contributed by atoms with Crippen molar-refractivity contribution in [2.24, 2.45) is 4.99 Å². The number of rotatable bonds is 5. The fourth-order valence-corrected chi connectivity index (χ4v) is 3.99. The van der Waals surface area contributed by atoms with E-state index in [1.54, 1.807) is 24.3 Å². The second-order valence-corrected chi connectivity index (χ2v) is 7.88. The first-order valence-corrected chi connectivity index (χ1v) is 10.7. The van der Waals surface area contributed by atoms with Crippen LogP contribution in [-0.2, 0) is 0 Å². The SMILES string of the molecule is O=c1ccc(=Nc2ccc(NNc3ccccc3)cc2)c2c(=O)c3c([N+](=O)[O-])ccc(O)c3c(=O)c1=2. The van der Waals surface area contributed by atoms with Gasteiger partial charge in [-0.05, 0) is 54.6 Å². The molecule has 3 aromatic rings. The molecule has 0 spiro atoms. The first kappa shape index (κ1) is 22.4. The molecule has 0 aromatic heterocycles. The number of benzene rings is 3. The second-order valence-electron chi connectivity index (χ2n) is 7.88. The lowest BCUT2D eigenvalue weighted by Crippen LogP contribution is -2.28. The molecule has 36 heavy (non-hydrogen) atoms. The average molecular weight is 480 g/mol. The van der Waals surface area contributed by atoms with E-state index in [0.717, 1.165) is 29.6 Å². The molecule has 0 unspecified atom stereocenters. The van der Waals surface area contributed by atoms with E-state index in [4.69, 9.17) is 0 Å². The Balaban J connectivity index is 1.69. The molecule has 10 heteroatoms. The number of nitro groups is 1. The Kier molecular flexibility index (Phi) is 5.46. The van der Waals surface area contributed by atoms with Crippen LogP contribution >= 0.6 is 0 Å². The summed E-state index contributed by atoms with van der Waals surface area (Å²) in [6.45, 7) is 0. The summed E-state index contributed by atoms with van der Waals surface area (Å²) in [5, 5.41) is 19.8. The number of phenols is 1. The van der Waals surface area contributed by atoms with Crippen molar-refractivity contribution in [2.75, 3.05) is 10.9 Å². The van der Waals surface area contributed by atoms with Crippen molar-refractivity contribution in [3.63, 3.8) is 0 Å². The van der Waals surface area contributed by atoms with Crippen molar-refractivity contribution in [1.82, 2.24) is 0 Å². The molecule has 5 rings (SSSR count). The predicted molar refractivity (Wildman–Crippen MR) is 134 cm³/mol. The van der Waals surface area contributed by atoms with Crippen LogP contribution in [0.2, 0.25) is 0 Å². The summed E-state index contributed by atoms with van der Waals surface area (Å²) in [6.07, 6.45) is 0. The second kappa shape index (κ2) is 8.76. The van der Waals surface area contributed by atoms with E-state index in [-0.39, 0.29) is 10.6 Å². The topological polar surface area (TPSA) is 151 Å². The van der Waals surface area contributed by atoms with E-state index < -0.39 is 48.6 Å². The van der Waals surface area contributed by atoms with Gasteiger partial charge < -0.3 is 16.0 Å². The van der Waals surface area contributed by atoms with E-state index in [2.05, 4.69) is 15.8 Å². The van der Waals surface area contributed by atoms with Crippen molar-refractivity contribution in [3.05, 3.63) is 135 Å². The quantitative estimate of drug-likeness (QED) is 0.257. The third-order valence-electron chi connectivity index (χ3n) is 5.65. The molecule has 0 aliphatic heterocycles. The summed E-state index contributed by atoms with van der Waals surface area (Å²) in [7, 11) is 0. The number of anilines is 2. The Morgan fingerprint density at radius 2 is 1.36 bits per heavy atom. The number of nitrogens with one attached hydrogen (secondary N) is 2. The molecule has 3 N–H and O–H groups in total. The molecule has 0 bridgehead atoms. The lowest BCUT2D eigenvalue weighted by atomic mass is 10.0. The predicted octanol–water partition coefficient (Wildman–Crippen LogP) is 2.81. The maximum absolute atomic E-state index is 13.4. The summed E-state index contributed by atoms with van der Waals surface area (Å²) >= 11 is 0. The molecular formula is C26H16N4O6. The highest BCUT2D eigenvalue weighted by Gasteiger charge is 2.23. The van der Waals surface area contributed by atoms with E-state index in [1.807, 2.05) is 30.3 Å². The van der Waals surface area contributed by atoms with Crippen LogP contribution in [-0.4, -0.2) is 10.0 Å². The molecule has 2 aliphatic rings. The fourth-order valence-electron chi connectivity index (χ4n) is 3.99. The van der Waals surface area contributed by atoms with E-state index in [1.165, 1.54) is 6.07 Å². The molecule has 3 aromatic carbocycles. The number of non-ortho nitro benzene ring substituents is 1. The van der Waals surface area contributed by atoms with Gasteiger partial charge in [-0.2, -0.15) is 0 Å². The van der Waals surface area contributed by atoms with E-state index >= 15 is 0 Å². The molecule has 10 nitrogen and oxygen atoms in total. The molecule has 0 saturated heterocycles. The number of para-hydroxylation sites is 1. The van der Waals surface area contributed by atoms with Crippen LogP contribution in [0.1, 0.15) is 0 Å². The van der Waals surface area contributed by atoms with Gasteiger partial charge in [-0.3, -0.25) is 24.5 Å². The van der Waals surface area contributed by atoms with Crippen LogP contribution in [0.5, 0.6) is 5.75 Å². The standard InChI is InChI=1S/C26H16N4O6/c31-19-12-10-17(27-14-6-8-16(9-7-14)29-28-15-4-2-1-3-5-15)21-23(19)26(34)24-20(32)13-11-18(30(35)36)22(24)25(21)33/h1-13,28-29,32H. The molecular weight excluding hydrogens is 464 g/mol. The van der Waals surface area contributed by atoms with Gasteiger partial charge in [-0.25, -0.2) is 4.99 Å². The Morgan fingerprint density at radius 1 is 0.722 bits per heavy atom. The van der Waals surface area contributed by atoms with Crippen LogP contribution < -0.4 is 32.5 Å². The summed E-state index contributed by atoms with van der Waals surface area (Å²) in [5.74, 6) is -0.617. The number of phenolic OH excluding ortho intramolecular Hbond substituents is 1. The van der Waals surface area contributed by atoms with Gasteiger partial charge in [0.15, 0.2) is 5.43 Å². The maximum atomic E-state index is 13.4. The number of nitrogens with zero attached hydrogens (tertiary/aromatic N) is 2. The van der Waals surface area contributed by atoms with Crippen molar-refractivity contribution in [3.8, 4) is 5.75 Å². The smallest absolute Gasteiger partial charge is 0.281 e. The molecule has 0 fully saturated rings. The Bertz CT molecular complexity index is 1930. The van der Waals surface area contributed by atoms with Crippen LogP contribution in [0.15, 0.2) is 98.2 Å². The third kappa shape index (κ3) is 3.82. The van der Waals surface area contributed by atoms with E-state index in [0.29, 0.717) is 5.69 Å². The lowest BCUT2D eigenvalue weighted by Gasteiger charge is -2.09. The average Bonchev–Trinajstić information content (AvgIpc) is 2.88. The van der Waals surface area contributed by atoms with Crippen LogP contribution in [0, 0.1) is 20.6 Å². The van der Waals surface area contributed by atoms with Crippen molar-refractivity contribution < 1.29 is 10.0 Å². The van der Waals surface area contributed by atoms with Gasteiger partial charge in [-0.1, -0.05) is 18.2 Å². The summed E-state index contributed by atoms with van der Waals surface area (Å²) < 4.78 is 0. The van der Waals surface area contributed by atoms with Crippen LogP contribution in [0.3, 0.4) is 0 Å². The minimum atomic E-state index is -0.964. The highest BCUT2D eigenvalue weighted by atomic mass is 16.6. The van der Waals surface area contributed by atoms with Gasteiger partial charge in [0.1, 0.15) is 11.1 Å².